The largest absolute Gasteiger partial charge is 0.352 e. The molecule has 2 rings (SSSR count). The van der Waals surface area contributed by atoms with Crippen molar-refractivity contribution in [1.82, 2.24) is 9.97 Å². The fraction of sp³-hybridized carbons (Fsp3) is 0.733. The summed E-state index contributed by atoms with van der Waals surface area (Å²) in [4.78, 5) is 11.7. The molecule has 1 heterocycles. The van der Waals surface area contributed by atoms with Crippen LogP contribution < -0.4 is 10.6 Å². The van der Waals surface area contributed by atoms with Crippen LogP contribution in [0.15, 0.2) is 6.20 Å². The number of anilines is 1. The van der Waals surface area contributed by atoms with Crippen molar-refractivity contribution >= 4 is 5.82 Å². The second-order valence-corrected chi connectivity index (χ2v) is 5.55. The van der Waals surface area contributed by atoms with E-state index in [1.807, 2.05) is 13.1 Å². The summed E-state index contributed by atoms with van der Waals surface area (Å²) in [6.07, 6.45) is 9.47. The van der Waals surface area contributed by atoms with Crippen LogP contribution in [0.2, 0.25) is 0 Å². The zero-order chi connectivity index (χ0) is 13.7. The summed E-state index contributed by atoms with van der Waals surface area (Å²) >= 11 is 0. The van der Waals surface area contributed by atoms with E-state index in [1.165, 1.54) is 32.1 Å². The Kier molecular flexibility index (Phi) is 5.14. The highest BCUT2D eigenvalue weighted by molar-refractivity contribution is 5.44. The summed E-state index contributed by atoms with van der Waals surface area (Å²) in [5, 5.41) is 0. The molecule has 2 N–H and O–H groups in total. The Morgan fingerprint density at radius 2 is 2.00 bits per heavy atom. The molecule has 1 saturated carbocycles. The highest BCUT2D eigenvalue weighted by atomic mass is 15.2. The van der Waals surface area contributed by atoms with Gasteiger partial charge < -0.3 is 10.6 Å². The molecule has 0 unspecified atom stereocenters. The van der Waals surface area contributed by atoms with Gasteiger partial charge in [-0.15, -0.1) is 0 Å². The molecule has 1 aliphatic carbocycles. The van der Waals surface area contributed by atoms with Crippen molar-refractivity contribution in [3.8, 4) is 0 Å². The molecule has 1 aromatic rings. The predicted octanol–water partition coefficient (Wildman–Crippen LogP) is 2.58. The Bertz CT molecular complexity index is 399. The third kappa shape index (κ3) is 3.66. The molecule has 0 radical (unpaired) electrons. The molecule has 1 fully saturated rings. The van der Waals surface area contributed by atoms with Crippen molar-refractivity contribution in [2.45, 2.75) is 58.4 Å². The smallest absolute Gasteiger partial charge is 0.150 e. The number of nitrogens with zero attached hydrogens (tertiary/aromatic N) is 3. The number of aryl methyl sites for hydroxylation is 2. The van der Waals surface area contributed by atoms with Crippen molar-refractivity contribution in [2.24, 2.45) is 5.73 Å². The van der Waals surface area contributed by atoms with E-state index in [0.717, 1.165) is 36.7 Å². The van der Waals surface area contributed by atoms with E-state index in [9.17, 15) is 0 Å². The maximum atomic E-state index is 5.69. The van der Waals surface area contributed by atoms with Crippen molar-refractivity contribution < 1.29 is 0 Å². The van der Waals surface area contributed by atoms with E-state index in [1.54, 1.807) is 0 Å². The SMILES string of the molecule is Cc1cnc(C)c(N(CCCN)C2CCCCC2)n1. The number of nitrogens with two attached hydrogens (primary N) is 1. The van der Waals surface area contributed by atoms with Crippen LogP contribution in [0, 0.1) is 13.8 Å². The van der Waals surface area contributed by atoms with Gasteiger partial charge in [-0.05, 0) is 39.7 Å². The van der Waals surface area contributed by atoms with E-state index in [-0.39, 0.29) is 0 Å². The lowest BCUT2D eigenvalue weighted by Gasteiger charge is -2.36. The Morgan fingerprint density at radius 3 is 2.68 bits per heavy atom. The summed E-state index contributed by atoms with van der Waals surface area (Å²) in [6.45, 7) is 5.81. The van der Waals surface area contributed by atoms with Gasteiger partial charge in [0.25, 0.3) is 0 Å². The highest BCUT2D eigenvalue weighted by Gasteiger charge is 2.23. The Morgan fingerprint density at radius 1 is 1.26 bits per heavy atom. The van der Waals surface area contributed by atoms with Crippen LogP contribution in [-0.2, 0) is 0 Å². The minimum absolute atomic E-state index is 0.620. The summed E-state index contributed by atoms with van der Waals surface area (Å²) in [5.41, 5.74) is 7.72. The van der Waals surface area contributed by atoms with Crippen LogP contribution >= 0.6 is 0 Å². The highest BCUT2D eigenvalue weighted by Crippen LogP contribution is 2.27. The number of hydrogen-bond donors (Lipinski definition) is 1. The molecule has 1 aromatic heterocycles. The summed E-state index contributed by atoms with van der Waals surface area (Å²) < 4.78 is 0. The average Bonchev–Trinajstić information content (AvgIpc) is 2.44. The van der Waals surface area contributed by atoms with Gasteiger partial charge in [-0.1, -0.05) is 19.3 Å². The minimum atomic E-state index is 0.620. The van der Waals surface area contributed by atoms with Crippen molar-refractivity contribution in [1.29, 1.82) is 0 Å². The fourth-order valence-corrected chi connectivity index (χ4v) is 2.91. The third-order valence-electron chi connectivity index (χ3n) is 3.94. The lowest BCUT2D eigenvalue weighted by atomic mass is 9.94. The van der Waals surface area contributed by atoms with Gasteiger partial charge in [0.15, 0.2) is 5.82 Å². The lowest BCUT2D eigenvalue weighted by molar-refractivity contribution is 0.410. The van der Waals surface area contributed by atoms with Gasteiger partial charge in [-0.25, -0.2) is 4.98 Å². The molecule has 0 aliphatic heterocycles. The van der Waals surface area contributed by atoms with Crippen LogP contribution in [-0.4, -0.2) is 29.1 Å². The number of hydrogen-bond acceptors (Lipinski definition) is 4. The van der Waals surface area contributed by atoms with E-state index < -0.39 is 0 Å². The number of aromatic nitrogens is 2. The standard InChI is InChI=1S/C15H26N4/c1-12-11-17-13(2)15(18-12)19(10-6-9-16)14-7-4-3-5-8-14/h11,14H,3-10,16H2,1-2H3. The van der Waals surface area contributed by atoms with Gasteiger partial charge in [-0.3, -0.25) is 4.98 Å². The van der Waals surface area contributed by atoms with E-state index in [2.05, 4.69) is 16.8 Å². The molecular formula is C15H26N4. The molecule has 0 bridgehead atoms. The molecule has 4 nitrogen and oxygen atoms in total. The second-order valence-electron chi connectivity index (χ2n) is 5.55. The molecule has 0 amide bonds. The average molecular weight is 262 g/mol. The zero-order valence-corrected chi connectivity index (χ0v) is 12.2. The third-order valence-corrected chi connectivity index (χ3v) is 3.94. The summed E-state index contributed by atoms with van der Waals surface area (Å²) in [5.74, 6) is 1.07. The summed E-state index contributed by atoms with van der Waals surface area (Å²) in [7, 11) is 0. The first-order chi connectivity index (χ1) is 9.22. The van der Waals surface area contributed by atoms with Gasteiger partial charge in [-0.2, -0.15) is 0 Å². The second kappa shape index (κ2) is 6.85. The monoisotopic (exact) mass is 262 g/mol. The van der Waals surface area contributed by atoms with E-state index >= 15 is 0 Å². The minimum Gasteiger partial charge on any atom is -0.352 e. The Hall–Kier alpha value is -1.16. The molecule has 106 valence electrons. The molecular weight excluding hydrogens is 236 g/mol. The van der Waals surface area contributed by atoms with Gasteiger partial charge in [0.2, 0.25) is 0 Å². The fourth-order valence-electron chi connectivity index (χ4n) is 2.91. The molecule has 19 heavy (non-hydrogen) atoms. The van der Waals surface area contributed by atoms with Gasteiger partial charge in [0, 0.05) is 18.8 Å². The maximum Gasteiger partial charge on any atom is 0.150 e. The predicted molar refractivity (Wildman–Crippen MR) is 79.4 cm³/mol. The first kappa shape index (κ1) is 14.3. The molecule has 0 atom stereocenters. The molecule has 4 heteroatoms. The Balaban J connectivity index is 2.22. The first-order valence-electron chi connectivity index (χ1n) is 7.49. The van der Waals surface area contributed by atoms with Crippen molar-refractivity contribution in [3.63, 3.8) is 0 Å². The van der Waals surface area contributed by atoms with Gasteiger partial charge in [0.1, 0.15) is 0 Å². The van der Waals surface area contributed by atoms with E-state index in [4.69, 9.17) is 10.7 Å². The summed E-state index contributed by atoms with van der Waals surface area (Å²) in [6, 6.07) is 0.620. The van der Waals surface area contributed by atoms with Crippen molar-refractivity contribution in [3.05, 3.63) is 17.6 Å². The van der Waals surface area contributed by atoms with Crippen LogP contribution in [0.4, 0.5) is 5.82 Å². The van der Waals surface area contributed by atoms with Crippen LogP contribution in [0.1, 0.15) is 49.9 Å². The molecule has 0 aromatic carbocycles. The van der Waals surface area contributed by atoms with Crippen LogP contribution in [0.25, 0.3) is 0 Å². The lowest BCUT2D eigenvalue weighted by Crippen LogP contribution is -2.39. The molecule has 0 saturated heterocycles. The quantitative estimate of drug-likeness (QED) is 0.886. The molecule has 0 spiro atoms. The Labute approximate surface area is 116 Å². The first-order valence-corrected chi connectivity index (χ1v) is 7.49. The topological polar surface area (TPSA) is 55.0 Å². The van der Waals surface area contributed by atoms with E-state index in [0.29, 0.717) is 6.04 Å². The zero-order valence-electron chi connectivity index (χ0n) is 12.2. The van der Waals surface area contributed by atoms with Crippen molar-refractivity contribution in [2.75, 3.05) is 18.0 Å². The van der Waals surface area contributed by atoms with Gasteiger partial charge in [0.05, 0.1) is 11.4 Å². The number of rotatable bonds is 5. The van der Waals surface area contributed by atoms with Crippen LogP contribution in [0.5, 0.6) is 0 Å². The van der Waals surface area contributed by atoms with Gasteiger partial charge >= 0.3 is 0 Å². The molecule has 1 aliphatic rings. The normalized spacial score (nSPS) is 16.6. The van der Waals surface area contributed by atoms with Crippen LogP contribution in [0.3, 0.4) is 0 Å². The maximum absolute atomic E-state index is 5.69.